The Hall–Kier alpha value is -2.24. The van der Waals surface area contributed by atoms with Crippen LogP contribution in [0.5, 0.6) is 0 Å². The van der Waals surface area contributed by atoms with E-state index in [1.807, 2.05) is 13.0 Å². The van der Waals surface area contributed by atoms with Crippen molar-refractivity contribution in [3.05, 3.63) is 47.9 Å². The van der Waals surface area contributed by atoms with Crippen molar-refractivity contribution >= 4 is 5.97 Å². The van der Waals surface area contributed by atoms with Gasteiger partial charge < -0.3 is 5.11 Å². The van der Waals surface area contributed by atoms with Crippen LogP contribution < -0.4 is 0 Å². The van der Waals surface area contributed by atoms with Crippen LogP contribution in [0.3, 0.4) is 0 Å². The maximum Gasteiger partial charge on any atom is 0.306 e. The minimum Gasteiger partial charge on any atom is -0.481 e. The molecule has 2 rings (SSSR count). The fraction of sp³-hybridized carbons (Fsp3) is 0.400. The third-order valence-corrected chi connectivity index (χ3v) is 3.75. The molecule has 2 unspecified atom stereocenters. The van der Waals surface area contributed by atoms with Crippen LogP contribution in [0.4, 0.5) is 4.39 Å². The molecular weight excluding hydrogens is 273 g/mol. The van der Waals surface area contributed by atoms with Gasteiger partial charge in [0.05, 0.1) is 12.5 Å². The fourth-order valence-electron chi connectivity index (χ4n) is 2.36. The lowest BCUT2D eigenvalue weighted by Crippen LogP contribution is -2.27. The van der Waals surface area contributed by atoms with Gasteiger partial charge in [0.1, 0.15) is 18.5 Å². The fourth-order valence-corrected chi connectivity index (χ4v) is 2.36. The first-order chi connectivity index (χ1) is 10.0. The highest BCUT2D eigenvalue weighted by Gasteiger charge is 2.30. The van der Waals surface area contributed by atoms with Gasteiger partial charge in [-0.3, -0.25) is 9.48 Å². The van der Waals surface area contributed by atoms with Crippen LogP contribution in [0.1, 0.15) is 20.3 Å². The summed E-state index contributed by atoms with van der Waals surface area (Å²) in [7, 11) is 0. The van der Waals surface area contributed by atoms with Gasteiger partial charge in [0.2, 0.25) is 0 Å². The molecule has 0 aliphatic heterocycles. The van der Waals surface area contributed by atoms with Crippen molar-refractivity contribution in [1.29, 1.82) is 0 Å². The Balaban J connectivity index is 2.36. The predicted molar refractivity (Wildman–Crippen MR) is 76.0 cm³/mol. The monoisotopic (exact) mass is 291 g/mol. The number of carbonyl (C=O) groups is 1. The van der Waals surface area contributed by atoms with Crippen LogP contribution in [-0.2, 0) is 11.3 Å². The van der Waals surface area contributed by atoms with Crippen molar-refractivity contribution in [3.8, 4) is 0 Å². The van der Waals surface area contributed by atoms with Crippen LogP contribution in [-0.4, -0.2) is 25.8 Å². The number of nitrogens with zero attached hydrogens (tertiary/aromatic N) is 3. The van der Waals surface area contributed by atoms with E-state index in [1.54, 1.807) is 13.0 Å². The number of carboxylic acids is 1. The molecule has 0 fully saturated rings. The smallest absolute Gasteiger partial charge is 0.306 e. The van der Waals surface area contributed by atoms with Crippen molar-refractivity contribution in [2.75, 3.05) is 0 Å². The zero-order valence-electron chi connectivity index (χ0n) is 12.0. The molecule has 21 heavy (non-hydrogen) atoms. The summed E-state index contributed by atoms with van der Waals surface area (Å²) < 4.78 is 15.7. The van der Waals surface area contributed by atoms with E-state index in [0.717, 1.165) is 5.57 Å². The molecule has 0 aromatic carbocycles. The lowest BCUT2D eigenvalue weighted by molar-refractivity contribution is -0.142. The van der Waals surface area contributed by atoms with Gasteiger partial charge in [0.25, 0.3) is 0 Å². The molecule has 0 radical (unpaired) electrons. The van der Waals surface area contributed by atoms with Crippen molar-refractivity contribution < 1.29 is 14.3 Å². The summed E-state index contributed by atoms with van der Waals surface area (Å²) in [5.74, 6) is -2.54. The van der Waals surface area contributed by atoms with Crippen LogP contribution in [0.15, 0.2) is 47.9 Å². The van der Waals surface area contributed by atoms with E-state index in [1.165, 1.54) is 23.4 Å². The van der Waals surface area contributed by atoms with E-state index in [0.29, 0.717) is 12.0 Å². The maximum atomic E-state index is 14.2. The Morgan fingerprint density at radius 2 is 2.38 bits per heavy atom. The molecular formula is C15H18FN3O2. The first-order valence-corrected chi connectivity index (χ1v) is 6.81. The number of rotatable bonds is 5. The average Bonchev–Trinajstić information content (AvgIpc) is 2.98. The number of allylic oxidation sites excluding steroid dienone is 6. The molecule has 0 bridgehead atoms. The minimum atomic E-state index is -0.957. The summed E-state index contributed by atoms with van der Waals surface area (Å²) in [6.07, 6.45) is 8.55. The van der Waals surface area contributed by atoms with Crippen LogP contribution in [0, 0.1) is 11.8 Å². The number of carboxylic acid groups (broad SMARTS) is 1. The number of aromatic nitrogens is 3. The summed E-state index contributed by atoms with van der Waals surface area (Å²) in [5, 5.41) is 13.3. The van der Waals surface area contributed by atoms with E-state index >= 15 is 0 Å². The Bertz CT molecular complexity index is 602. The Morgan fingerprint density at radius 1 is 1.62 bits per heavy atom. The highest BCUT2D eigenvalue weighted by Crippen LogP contribution is 2.34. The minimum absolute atomic E-state index is 0.275. The second-order valence-corrected chi connectivity index (χ2v) is 5.07. The number of hydrogen-bond acceptors (Lipinski definition) is 3. The largest absolute Gasteiger partial charge is 0.481 e. The standard InChI is InChI=1S/C15H18FN3O2/c1-3-11-4-5-14(16)12(6-11)13(10(2)15(20)21)7-19-9-17-8-18-19/h3,5-6,8-10,13H,4,7H2,1-2H3,(H,20,21). The first kappa shape index (κ1) is 15.2. The normalized spacial score (nSPS) is 19.9. The number of hydrogen-bond donors (Lipinski definition) is 1. The summed E-state index contributed by atoms with van der Waals surface area (Å²) in [6.45, 7) is 3.74. The van der Waals surface area contributed by atoms with Gasteiger partial charge in [-0.05, 0) is 30.6 Å². The second-order valence-electron chi connectivity index (χ2n) is 5.07. The van der Waals surface area contributed by atoms with Crippen molar-refractivity contribution in [1.82, 2.24) is 14.8 Å². The van der Waals surface area contributed by atoms with E-state index in [4.69, 9.17) is 0 Å². The Kier molecular flexibility index (Phi) is 4.67. The first-order valence-electron chi connectivity index (χ1n) is 6.81. The van der Waals surface area contributed by atoms with Gasteiger partial charge in [0.15, 0.2) is 0 Å². The summed E-state index contributed by atoms with van der Waals surface area (Å²) >= 11 is 0. The zero-order chi connectivity index (χ0) is 15.4. The second kappa shape index (κ2) is 6.47. The molecule has 0 saturated carbocycles. The molecule has 1 N–H and O–H groups in total. The third-order valence-electron chi connectivity index (χ3n) is 3.75. The van der Waals surface area contributed by atoms with Crippen LogP contribution in [0.25, 0.3) is 0 Å². The third kappa shape index (κ3) is 3.45. The molecule has 1 aromatic heterocycles. The molecule has 0 amide bonds. The van der Waals surface area contributed by atoms with Gasteiger partial charge >= 0.3 is 5.97 Å². The molecule has 1 heterocycles. The SMILES string of the molecule is CC=C1C=C(C(Cn2cncn2)C(C)C(=O)O)C(F)=CC1. The highest BCUT2D eigenvalue weighted by molar-refractivity contribution is 5.71. The summed E-state index contributed by atoms with van der Waals surface area (Å²) in [4.78, 5) is 15.2. The van der Waals surface area contributed by atoms with Gasteiger partial charge in [-0.15, -0.1) is 0 Å². The van der Waals surface area contributed by atoms with Gasteiger partial charge in [0, 0.05) is 5.92 Å². The maximum absolute atomic E-state index is 14.2. The van der Waals surface area contributed by atoms with Crippen molar-refractivity contribution in [2.45, 2.75) is 26.8 Å². The molecule has 1 aliphatic carbocycles. The molecule has 6 heteroatoms. The molecule has 0 saturated heterocycles. The van der Waals surface area contributed by atoms with Gasteiger partial charge in [-0.25, -0.2) is 9.37 Å². The molecule has 5 nitrogen and oxygen atoms in total. The van der Waals surface area contributed by atoms with E-state index in [2.05, 4.69) is 10.1 Å². The molecule has 0 spiro atoms. The molecule has 112 valence electrons. The lowest BCUT2D eigenvalue weighted by atomic mass is 9.82. The van der Waals surface area contributed by atoms with Crippen molar-refractivity contribution in [2.24, 2.45) is 11.8 Å². The number of aliphatic carboxylic acids is 1. The Labute approximate surface area is 122 Å². The van der Waals surface area contributed by atoms with Crippen LogP contribution >= 0.6 is 0 Å². The molecule has 2 atom stereocenters. The summed E-state index contributed by atoms with van der Waals surface area (Å²) in [6, 6.07) is 0. The van der Waals surface area contributed by atoms with Crippen molar-refractivity contribution in [3.63, 3.8) is 0 Å². The molecule has 1 aliphatic rings. The molecule has 1 aromatic rings. The average molecular weight is 291 g/mol. The zero-order valence-corrected chi connectivity index (χ0v) is 12.0. The number of halogens is 1. The van der Waals surface area contributed by atoms with E-state index in [9.17, 15) is 14.3 Å². The van der Waals surface area contributed by atoms with Crippen LogP contribution in [0.2, 0.25) is 0 Å². The highest BCUT2D eigenvalue weighted by atomic mass is 19.1. The summed E-state index contributed by atoms with van der Waals surface area (Å²) in [5.41, 5.74) is 1.40. The van der Waals surface area contributed by atoms with Gasteiger partial charge in [-0.2, -0.15) is 5.10 Å². The quantitative estimate of drug-likeness (QED) is 0.905. The Morgan fingerprint density at radius 3 is 2.95 bits per heavy atom. The predicted octanol–water partition coefficient (Wildman–Crippen LogP) is 2.74. The van der Waals surface area contributed by atoms with E-state index in [-0.39, 0.29) is 12.4 Å². The van der Waals surface area contributed by atoms with Gasteiger partial charge in [-0.1, -0.05) is 19.1 Å². The topological polar surface area (TPSA) is 68.0 Å². The van der Waals surface area contributed by atoms with E-state index < -0.39 is 17.8 Å². The lowest BCUT2D eigenvalue weighted by Gasteiger charge is -2.25.